The van der Waals surface area contributed by atoms with Crippen molar-refractivity contribution in [3.63, 3.8) is 0 Å². The van der Waals surface area contributed by atoms with Crippen LogP contribution in [0.25, 0.3) is 11.2 Å². The van der Waals surface area contributed by atoms with Crippen molar-refractivity contribution >= 4 is 22.8 Å². The van der Waals surface area contributed by atoms with Gasteiger partial charge in [-0.3, -0.25) is 4.68 Å². The van der Waals surface area contributed by atoms with E-state index in [1.54, 1.807) is 0 Å². The molecule has 1 aliphatic rings. The molecule has 104 valence electrons. The van der Waals surface area contributed by atoms with E-state index < -0.39 is 0 Å². The van der Waals surface area contributed by atoms with Crippen molar-refractivity contribution in [3.8, 4) is 0 Å². The third kappa shape index (κ3) is 2.27. The van der Waals surface area contributed by atoms with Crippen LogP contribution in [-0.4, -0.2) is 19.3 Å². The lowest BCUT2D eigenvalue weighted by atomic mass is 10.3. The molecule has 1 unspecified atom stereocenters. The van der Waals surface area contributed by atoms with Crippen molar-refractivity contribution in [2.24, 2.45) is 13.0 Å². The van der Waals surface area contributed by atoms with E-state index in [0.717, 1.165) is 41.6 Å². The van der Waals surface area contributed by atoms with Gasteiger partial charge in [-0.2, -0.15) is 5.10 Å². The van der Waals surface area contributed by atoms with E-state index in [4.69, 9.17) is 16.6 Å². The van der Waals surface area contributed by atoms with Gasteiger partial charge in [-0.25, -0.2) is 4.98 Å². The molecule has 0 saturated heterocycles. The van der Waals surface area contributed by atoms with Gasteiger partial charge < -0.3 is 4.57 Å². The normalized spacial score (nSPS) is 17.3. The summed E-state index contributed by atoms with van der Waals surface area (Å²) in [7, 11) is 2.00. The first-order valence-corrected chi connectivity index (χ1v) is 7.61. The van der Waals surface area contributed by atoms with Crippen LogP contribution in [0, 0.1) is 5.92 Å². The number of aromatic nitrogens is 4. The van der Waals surface area contributed by atoms with Gasteiger partial charge in [0.1, 0.15) is 11.3 Å². The summed E-state index contributed by atoms with van der Waals surface area (Å²) in [6.45, 7) is 5.13. The molecule has 2 aromatic heterocycles. The zero-order valence-corrected chi connectivity index (χ0v) is 12.6. The molecule has 19 heavy (non-hydrogen) atoms. The van der Waals surface area contributed by atoms with Crippen molar-refractivity contribution in [2.75, 3.05) is 0 Å². The minimum atomic E-state index is -0.0590. The second-order valence-corrected chi connectivity index (χ2v) is 6.22. The Hall–Kier alpha value is -1.03. The van der Waals surface area contributed by atoms with E-state index in [0.29, 0.717) is 0 Å². The Kier molecular flexibility index (Phi) is 3.29. The van der Waals surface area contributed by atoms with Crippen molar-refractivity contribution in [1.29, 1.82) is 0 Å². The fourth-order valence-electron chi connectivity index (χ4n) is 2.74. The number of halogens is 1. The summed E-state index contributed by atoms with van der Waals surface area (Å²) in [4.78, 5) is 4.75. The van der Waals surface area contributed by atoms with E-state index in [1.165, 1.54) is 19.3 Å². The van der Waals surface area contributed by atoms with Crippen molar-refractivity contribution in [3.05, 3.63) is 11.5 Å². The molecule has 1 atom stereocenters. The van der Waals surface area contributed by atoms with Gasteiger partial charge in [0.25, 0.3) is 0 Å². The predicted octanol–water partition coefficient (Wildman–Crippen LogP) is 3.43. The topological polar surface area (TPSA) is 35.6 Å². The quantitative estimate of drug-likeness (QED) is 0.787. The largest absolute Gasteiger partial charge is 0.312 e. The molecule has 1 saturated carbocycles. The standard InChI is InChI=1S/C14H21ClN4/c1-4-11-12-14(18(3)17-11)19(8-7-10-5-6-10)13(16-12)9(2)15/h9-10H,4-8H2,1-3H3. The molecule has 0 amide bonds. The summed E-state index contributed by atoms with van der Waals surface area (Å²) in [6, 6.07) is 0. The molecule has 0 aromatic carbocycles. The van der Waals surface area contributed by atoms with Gasteiger partial charge in [0.05, 0.1) is 11.1 Å². The molecule has 0 N–H and O–H groups in total. The maximum atomic E-state index is 6.30. The molecule has 1 aliphatic carbocycles. The Balaban J connectivity index is 2.07. The Labute approximate surface area is 118 Å². The van der Waals surface area contributed by atoms with Crippen LogP contribution in [0.3, 0.4) is 0 Å². The Bertz CT molecular complexity index is 592. The molecular weight excluding hydrogens is 260 g/mol. The molecule has 0 aliphatic heterocycles. The average molecular weight is 281 g/mol. The summed E-state index contributed by atoms with van der Waals surface area (Å²) in [6.07, 6.45) is 4.91. The Morgan fingerprint density at radius 3 is 2.74 bits per heavy atom. The Morgan fingerprint density at radius 2 is 2.16 bits per heavy atom. The van der Waals surface area contributed by atoms with Crippen LogP contribution in [0.15, 0.2) is 0 Å². The smallest absolute Gasteiger partial charge is 0.158 e. The zero-order chi connectivity index (χ0) is 13.6. The summed E-state index contributed by atoms with van der Waals surface area (Å²) in [5.74, 6) is 1.90. The van der Waals surface area contributed by atoms with Crippen LogP contribution < -0.4 is 0 Å². The molecule has 0 radical (unpaired) electrons. The van der Waals surface area contributed by atoms with Gasteiger partial charge in [0, 0.05) is 13.6 Å². The van der Waals surface area contributed by atoms with Gasteiger partial charge in [-0.15, -0.1) is 11.6 Å². The van der Waals surface area contributed by atoms with E-state index in [9.17, 15) is 0 Å². The van der Waals surface area contributed by atoms with Crippen LogP contribution in [0.1, 0.15) is 50.0 Å². The molecule has 0 spiro atoms. The van der Waals surface area contributed by atoms with Crippen LogP contribution in [0.5, 0.6) is 0 Å². The van der Waals surface area contributed by atoms with Gasteiger partial charge >= 0.3 is 0 Å². The molecular formula is C14H21ClN4. The number of rotatable bonds is 5. The lowest BCUT2D eigenvalue weighted by molar-refractivity contribution is 0.571. The molecule has 3 rings (SSSR count). The highest BCUT2D eigenvalue weighted by Crippen LogP contribution is 2.34. The second kappa shape index (κ2) is 4.82. The zero-order valence-electron chi connectivity index (χ0n) is 11.9. The number of imidazole rings is 1. The maximum absolute atomic E-state index is 6.30. The monoisotopic (exact) mass is 280 g/mol. The maximum Gasteiger partial charge on any atom is 0.158 e. The first kappa shape index (κ1) is 13.0. The highest BCUT2D eigenvalue weighted by molar-refractivity contribution is 6.20. The number of hydrogen-bond donors (Lipinski definition) is 0. The molecule has 5 heteroatoms. The fraction of sp³-hybridized carbons (Fsp3) is 0.714. The number of aryl methyl sites for hydroxylation is 3. The highest BCUT2D eigenvalue weighted by atomic mass is 35.5. The number of fused-ring (bicyclic) bond motifs is 1. The minimum Gasteiger partial charge on any atom is -0.312 e. The molecule has 0 bridgehead atoms. The summed E-state index contributed by atoms with van der Waals surface area (Å²) in [5, 5.41) is 4.50. The first-order valence-electron chi connectivity index (χ1n) is 7.17. The average Bonchev–Trinajstić information content (AvgIpc) is 3.03. The molecule has 2 aromatic rings. The van der Waals surface area contributed by atoms with E-state index in [1.807, 2.05) is 18.7 Å². The van der Waals surface area contributed by atoms with E-state index >= 15 is 0 Å². The van der Waals surface area contributed by atoms with Crippen LogP contribution in [-0.2, 0) is 20.0 Å². The summed E-state index contributed by atoms with van der Waals surface area (Å²) in [5.41, 5.74) is 3.23. The molecule has 4 nitrogen and oxygen atoms in total. The SMILES string of the molecule is CCc1nn(C)c2c1nc(C(C)Cl)n2CCC1CC1. The van der Waals surface area contributed by atoms with Crippen molar-refractivity contribution in [2.45, 2.75) is 51.5 Å². The Morgan fingerprint density at radius 1 is 1.42 bits per heavy atom. The van der Waals surface area contributed by atoms with Gasteiger partial charge in [-0.05, 0) is 25.7 Å². The van der Waals surface area contributed by atoms with Gasteiger partial charge in [0.2, 0.25) is 0 Å². The lowest BCUT2D eigenvalue weighted by Crippen LogP contribution is -2.08. The minimum absolute atomic E-state index is 0.0590. The summed E-state index contributed by atoms with van der Waals surface area (Å²) < 4.78 is 4.23. The number of nitrogens with zero attached hydrogens (tertiary/aromatic N) is 4. The fourth-order valence-corrected chi connectivity index (χ4v) is 2.91. The number of alkyl halides is 1. The number of hydrogen-bond acceptors (Lipinski definition) is 2. The van der Waals surface area contributed by atoms with Crippen LogP contribution in [0.4, 0.5) is 0 Å². The molecule has 1 fully saturated rings. The van der Waals surface area contributed by atoms with E-state index in [-0.39, 0.29) is 5.38 Å². The summed E-state index contributed by atoms with van der Waals surface area (Å²) >= 11 is 6.30. The molecule has 2 heterocycles. The van der Waals surface area contributed by atoms with Crippen molar-refractivity contribution < 1.29 is 0 Å². The highest BCUT2D eigenvalue weighted by Gasteiger charge is 2.24. The second-order valence-electron chi connectivity index (χ2n) is 5.57. The van der Waals surface area contributed by atoms with Crippen LogP contribution >= 0.6 is 11.6 Å². The van der Waals surface area contributed by atoms with Crippen LogP contribution in [0.2, 0.25) is 0 Å². The van der Waals surface area contributed by atoms with Crippen molar-refractivity contribution in [1.82, 2.24) is 19.3 Å². The van der Waals surface area contributed by atoms with Gasteiger partial charge in [-0.1, -0.05) is 19.8 Å². The third-order valence-corrected chi connectivity index (χ3v) is 4.16. The third-order valence-electron chi connectivity index (χ3n) is 3.97. The first-order chi connectivity index (χ1) is 9.11. The predicted molar refractivity (Wildman–Crippen MR) is 77.5 cm³/mol. The lowest BCUT2D eigenvalue weighted by Gasteiger charge is -2.10. The van der Waals surface area contributed by atoms with Gasteiger partial charge in [0.15, 0.2) is 5.65 Å². The van der Waals surface area contributed by atoms with E-state index in [2.05, 4.69) is 16.6 Å².